The van der Waals surface area contributed by atoms with Gasteiger partial charge in [0, 0.05) is 24.1 Å². The third-order valence-corrected chi connectivity index (χ3v) is 3.77. The quantitative estimate of drug-likeness (QED) is 0.850. The highest BCUT2D eigenvalue weighted by Crippen LogP contribution is 2.28. The molecule has 0 spiro atoms. The van der Waals surface area contributed by atoms with Crippen LogP contribution in [0.5, 0.6) is 0 Å². The van der Waals surface area contributed by atoms with Crippen molar-refractivity contribution in [3.05, 3.63) is 23.5 Å². The largest absolute Gasteiger partial charge is 0.383 e. The smallest absolute Gasteiger partial charge is 0.152 e. The van der Waals surface area contributed by atoms with Crippen molar-refractivity contribution in [3.8, 4) is 0 Å². The number of anilines is 2. The van der Waals surface area contributed by atoms with E-state index < -0.39 is 0 Å². The van der Waals surface area contributed by atoms with Crippen LogP contribution in [0.3, 0.4) is 0 Å². The normalized spacial score (nSPS) is 15.1. The van der Waals surface area contributed by atoms with Crippen molar-refractivity contribution < 1.29 is 0 Å². The maximum atomic E-state index is 6.09. The van der Waals surface area contributed by atoms with Crippen LogP contribution in [0, 0.1) is 6.92 Å². The first-order valence-corrected chi connectivity index (χ1v) is 7.12. The number of fused-ring (bicyclic) bond motifs is 1. The van der Waals surface area contributed by atoms with E-state index in [9.17, 15) is 0 Å². The molecule has 0 unspecified atom stereocenters. The van der Waals surface area contributed by atoms with Crippen LogP contribution in [0.25, 0.3) is 0 Å². The minimum absolute atomic E-state index is 0.133. The molecule has 0 fully saturated rings. The van der Waals surface area contributed by atoms with Crippen LogP contribution in [0.4, 0.5) is 11.6 Å². The molecule has 3 rings (SSSR count). The van der Waals surface area contributed by atoms with Gasteiger partial charge < -0.3 is 15.2 Å². The van der Waals surface area contributed by atoms with Gasteiger partial charge in [0.25, 0.3) is 0 Å². The lowest BCUT2D eigenvalue weighted by Gasteiger charge is -2.30. The van der Waals surface area contributed by atoms with Crippen LogP contribution in [0.15, 0.2) is 6.33 Å². The maximum absolute atomic E-state index is 6.09. The summed E-state index contributed by atoms with van der Waals surface area (Å²) in [6.45, 7) is 10.7. The van der Waals surface area contributed by atoms with E-state index in [-0.39, 0.29) is 5.41 Å². The van der Waals surface area contributed by atoms with E-state index in [1.54, 1.807) is 6.33 Å². The summed E-state index contributed by atoms with van der Waals surface area (Å²) in [6.07, 6.45) is 1.77. The topological polar surface area (TPSA) is 85.8 Å². The van der Waals surface area contributed by atoms with Gasteiger partial charge in [0.2, 0.25) is 0 Å². The van der Waals surface area contributed by atoms with Crippen LogP contribution >= 0.6 is 0 Å². The number of nitrogen functional groups attached to an aromatic ring is 1. The highest BCUT2D eigenvalue weighted by Gasteiger charge is 2.25. The molecule has 0 aromatic carbocycles. The van der Waals surface area contributed by atoms with E-state index in [0.717, 1.165) is 36.1 Å². The Hall–Kier alpha value is -2.18. The molecule has 0 aliphatic carbocycles. The summed E-state index contributed by atoms with van der Waals surface area (Å²) in [5.74, 6) is 3.18. The van der Waals surface area contributed by atoms with Crippen molar-refractivity contribution in [2.45, 2.75) is 46.2 Å². The van der Waals surface area contributed by atoms with E-state index in [2.05, 4.69) is 45.4 Å². The van der Waals surface area contributed by atoms with Gasteiger partial charge in [0.1, 0.15) is 23.8 Å². The van der Waals surface area contributed by atoms with Gasteiger partial charge in [-0.1, -0.05) is 20.8 Å². The molecule has 112 valence electrons. The number of nitrogens with zero attached hydrogens (tertiary/aromatic N) is 6. The fraction of sp³-hybridized carbons (Fsp3) is 0.571. The zero-order chi connectivity index (χ0) is 15.2. The van der Waals surface area contributed by atoms with Gasteiger partial charge in [-0.2, -0.15) is 0 Å². The summed E-state index contributed by atoms with van der Waals surface area (Å²) in [7, 11) is 0. The van der Waals surface area contributed by atoms with Crippen molar-refractivity contribution in [1.29, 1.82) is 0 Å². The van der Waals surface area contributed by atoms with Gasteiger partial charge in [-0.3, -0.25) is 0 Å². The molecule has 0 atom stereocenters. The maximum Gasteiger partial charge on any atom is 0.152 e. The van der Waals surface area contributed by atoms with Crippen molar-refractivity contribution in [2.75, 3.05) is 17.2 Å². The Balaban J connectivity index is 2.01. The Morgan fingerprint density at radius 1 is 1.19 bits per heavy atom. The molecule has 1 aliphatic rings. The molecule has 0 radical (unpaired) electrons. The molecule has 0 saturated heterocycles. The molecular weight excluding hydrogens is 266 g/mol. The average molecular weight is 287 g/mol. The van der Waals surface area contributed by atoms with E-state index in [1.807, 2.05) is 6.92 Å². The van der Waals surface area contributed by atoms with Crippen LogP contribution in [0.2, 0.25) is 0 Å². The lowest BCUT2D eigenvalue weighted by atomic mass is 9.95. The first kappa shape index (κ1) is 13.8. The zero-order valence-electron chi connectivity index (χ0n) is 13.0. The van der Waals surface area contributed by atoms with Crippen molar-refractivity contribution in [2.24, 2.45) is 0 Å². The second-order valence-corrected chi connectivity index (χ2v) is 6.49. The fourth-order valence-corrected chi connectivity index (χ4v) is 2.41. The fourth-order valence-electron chi connectivity index (χ4n) is 2.41. The minimum atomic E-state index is -0.133. The third-order valence-electron chi connectivity index (χ3n) is 3.77. The number of nitrogens with two attached hydrogens (primary N) is 1. The lowest BCUT2D eigenvalue weighted by molar-refractivity contribution is 0.531. The SMILES string of the molecule is Cc1c(N)nc(C(C)(C)C)nc1N1CCn2cnnc2C1. The van der Waals surface area contributed by atoms with E-state index in [0.29, 0.717) is 12.4 Å². The Morgan fingerprint density at radius 3 is 2.67 bits per heavy atom. The Labute approximate surface area is 124 Å². The summed E-state index contributed by atoms with van der Waals surface area (Å²) in [5, 5.41) is 8.11. The molecule has 3 heterocycles. The van der Waals surface area contributed by atoms with Crippen LogP contribution < -0.4 is 10.6 Å². The monoisotopic (exact) mass is 287 g/mol. The molecule has 0 bridgehead atoms. The second kappa shape index (κ2) is 4.68. The molecule has 7 heteroatoms. The summed E-state index contributed by atoms with van der Waals surface area (Å²) in [4.78, 5) is 11.4. The summed E-state index contributed by atoms with van der Waals surface area (Å²) < 4.78 is 2.07. The molecule has 1 aliphatic heterocycles. The number of aromatic nitrogens is 5. The Bertz CT molecular complexity index is 668. The first-order chi connectivity index (χ1) is 9.86. The van der Waals surface area contributed by atoms with Crippen molar-refractivity contribution >= 4 is 11.6 Å². The van der Waals surface area contributed by atoms with Crippen LogP contribution in [-0.2, 0) is 18.5 Å². The van der Waals surface area contributed by atoms with Gasteiger partial charge in [-0.15, -0.1) is 10.2 Å². The van der Waals surface area contributed by atoms with Gasteiger partial charge in [-0.25, -0.2) is 9.97 Å². The van der Waals surface area contributed by atoms with Crippen molar-refractivity contribution in [3.63, 3.8) is 0 Å². The molecule has 0 amide bonds. The summed E-state index contributed by atoms with van der Waals surface area (Å²) >= 11 is 0. The highest BCUT2D eigenvalue weighted by atomic mass is 15.3. The van der Waals surface area contributed by atoms with Gasteiger partial charge in [-0.05, 0) is 6.92 Å². The summed E-state index contributed by atoms with van der Waals surface area (Å²) in [6, 6.07) is 0. The van der Waals surface area contributed by atoms with E-state index in [1.165, 1.54) is 0 Å². The molecule has 2 aromatic heterocycles. The molecular formula is C14H21N7. The molecule has 21 heavy (non-hydrogen) atoms. The number of rotatable bonds is 1. The van der Waals surface area contributed by atoms with Crippen molar-refractivity contribution in [1.82, 2.24) is 24.7 Å². The standard InChI is InChI=1S/C14H21N7/c1-9-11(15)17-13(14(2,3)4)18-12(9)20-5-6-21-8-16-19-10(21)7-20/h8H,5-7H2,1-4H3,(H2,15,17,18). The van der Waals surface area contributed by atoms with Crippen LogP contribution in [0.1, 0.15) is 38.0 Å². The van der Waals surface area contributed by atoms with E-state index in [4.69, 9.17) is 10.7 Å². The number of hydrogen-bond acceptors (Lipinski definition) is 6. The molecule has 0 saturated carbocycles. The lowest BCUT2D eigenvalue weighted by Crippen LogP contribution is -2.35. The minimum Gasteiger partial charge on any atom is -0.383 e. The zero-order valence-corrected chi connectivity index (χ0v) is 13.0. The highest BCUT2D eigenvalue weighted by molar-refractivity contribution is 5.57. The number of hydrogen-bond donors (Lipinski definition) is 1. The molecule has 2 N–H and O–H groups in total. The first-order valence-electron chi connectivity index (χ1n) is 7.12. The molecule has 2 aromatic rings. The third kappa shape index (κ3) is 2.43. The second-order valence-electron chi connectivity index (χ2n) is 6.49. The van der Waals surface area contributed by atoms with E-state index >= 15 is 0 Å². The molecule has 7 nitrogen and oxygen atoms in total. The summed E-state index contributed by atoms with van der Waals surface area (Å²) in [5.41, 5.74) is 6.88. The predicted octanol–water partition coefficient (Wildman–Crippen LogP) is 1.28. The van der Waals surface area contributed by atoms with Crippen LogP contribution in [-0.4, -0.2) is 31.3 Å². The van der Waals surface area contributed by atoms with Gasteiger partial charge in [0.15, 0.2) is 5.82 Å². The Morgan fingerprint density at radius 2 is 1.95 bits per heavy atom. The van der Waals surface area contributed by atoms with Gasteiger partial charge >= 0.3 is 0 Å². The Kier molecular flexibility index (Phi) is 3.07. The van der Waals surface area contributed by atoms with Gasteiger partial charge in [0.05, 0.1) is 6.54 Å². The average Bonchev–Trinajstić information content (AvgIpc) is 2.87. The predicted molar refractivity (Wildman–Crippen MR) is 81.0 cm³/mol.